The van der Waals surface area contributed by atoms with Crippen molar-refractivity contribution in [1.29, 1.82) is 0 Å². The van der Waals surface area contributed by atoms with Crippen molar-refractivity contribution in [2.75, 3.05) is 11.9 Å². The SMILES string of the molecule is CN1C(=O)C(C2CCCC2)Oc2cc(Cl)cnc21. The van der Waals surface area contributed by atoms with Gasteiger partial charge in [0.15, 0.2) is 17.7 Å². The Morgan fingerprint density at radius 3 is 2.89 bits per heavy atom. The fourth-order valence-corrected chi connectivity index (χ4v) is 2.94. The molecule has 1 unspecified atom stereocenters. The summed E-state index contributed by atoms with van der Waals surface area (Å²) in [5, 5.41) is 0.529. The molecule has 2 aliphatic rings. The van der Waals surface area contributed by atoms with Gasteiger partial charge in [-0.05, 0) is 12.8 Å². The maximum absolute atomic E-state index is 12.3. The van der Waals surface area contributed by atoms with Crippen LogP contribution >= 0.6 is 11.6 Å². The number of carbonyl (C=O) groups is 1. The maximum Gasteiger partial charge on any atom is 0.269 e. The summed E-state index contributed by atoms with van der Waals surface area (Å²) in [6.07, 6.45) is 5.65. The van der Waals surface area contributed by atoms with Crippen molar-refractivity contribution >= 4 is 23.3 Å². The third-order valence-corrected chi connectivity index (χ3v) is 3.98. The molecule has 1 atom stereocenters. The molecule has 1 aliphatic carbocycles. The van der Waals surface area contributed by atoms with Crippen LogP contribution in [0.25, 0.3) is 0 Å². The lowest BCUT2D eigenvalue weighted by Crippen LogP contribution is -2.47. The zero-order valence-electron chi connectivity index (χ0n) is 10.2. The highest BCUT2D eigenvalue weighted by atomic mass is 35.5. The Balaban J connectivity index is 1.94. The summed E-state index contributed by atoms with van der Waals surface area (Å²) in [4.78, 5) is 18.0. The van der Waals surface area contributed by atoms with E-state index in [1.54, 1.807) is 18.0 Å². The van der Waals surface area contributed by atoms with Crippen molar-refractivity contribution in [3.63, 3.8) is 0 Å². The van der Waals surface area contributed by atoms with Gasteiger partial charge in [0, 0.05) is 25.2 Å². The van der Waals surface area contributed by atoms with E-state index in [9.17, 15) is 4.79 Å². The van der Waals surface area contributed by atoms with Gasteiger partial charge in [0.25, 0.3) is 5.91 Å². The van der Waals surface area contributed by atoms with E-state index in [0.29, 0.717) is 22.5 Å². The number of ether oxygens (including phenoxy) is 1. The number of aromatic nitrogens is 1. The van der Waals surface area contributed by atoms with Crippen LogP contribution in [0.3, 0.4) is 0 Å². The van der Waals surface area contributed by atoms with E-state index in [0.717, 1.165) is 12.8 Å². The monoisotopic (exact) mass is 266 g/mol. The second kappa shape index (κ2) is 4.43. The second-order valence-corrected chi connectivity index (χ2v) is 5.39. The highest BCUT2D eigenvalue weighted by Crippen LogP contribution is 2.38. The van der Waals surface area contributed by atoms with Gasteiger partial charge >= 0.3 is 0 Å². The van der Waals surface area contributed by atoms with Gasteiger partial charge in [-0.15, -0.1) is 0 Å². The zero-order valence-corrected chi connectivity index (χ0v) is 11.0. The molecule has 1 aliphatic heterocycles. The first kappa shape index (κ1) is 11.8. The number of hydrogen-bond donors (Lipinski definition) is 0. The molecular formula is C13H15ClN2O2. The minimum atomic E-state index is -0.370. The van der Waals surface area contributed by atoms with Crippen molar-refractivity contribution in [3.05, 3.63) is 17.3 Å². The summed E-state index contributed by atoms with van der Waals surface area (Å²) in [5.41, 5.74) is 0. The largest absolute Gasteiger partial charge is 0.476 e. The second-order valence-electron chi connectivity index (χ2n) is 4.96. The number of anilines is 1. The highest BCUT2D eigenvalue weighted by Gasteiger charge is 2.39. The summed E-state index contributed by atoms with van der Waals surface area (Å²) in [6, 6.07) is 1.73. The standard InChI is InChI=1S/C13H15ClN2O2/c1-16-12-10(6-9(14)7-15-12)18-11(13(16)17)8-4-2-3-5-8/h6-8,11H,2-5H2,1H3. The number of halogens is 1. The van der Waals surface area contributed by atoms with Crippen LogP contribution in [0.15, 0.2) is 12.3 Å². The molecule has 0 N–H and O–H groups in total. The van der Waals surface area contributed by atoms with Gasteiger partial charge in [0.1, 0.15) is 0 Å². The first-order valence-corrected chi connectivity index (χ1v) is 6.64. The Labute approximate surface area is 111 Å². The van der Waals surface area contributed by atoms with E-state index >= 15 is 0 Å². The topological polar surface area (TPSA) is 42.4 Å². The molecule has 5 heteroatoms. The Morgan fingerprint density at radius 1 is 1.44 bits per heavy atom. The lowest BCUT2D eigenvalue weighted by atomic mass is 9.98. The van der Waals surface area contributed by atoms with E-state index in [4.69, 9.17) is 16.3 Å². The van der Waals surface area contributed by atoms with Gasteiger partial charge in [-0.1, -0.05) is 24.4 Å². The molecule has 1 saturated carbocycles. The van der Waals surface area contributed by atoms with Gasteiger partial charge in [-0.2, -0.15) is 0 Å². The smallest absolute Gasteiger partial charge is 0.269 e. The van der Waals surface area contributed by atoms with Crippen LogP contribution in [0.1, 0.15) is 25.7 Å². The van der Waals surface area contributed by atoms with Crippen LogP contribution in [0.5, 0.6) is 5.75 Å². The molecule has 1 amide bonds. The molecule has 4 nitrogen and oxygen atoms in total. The van der Waals surface area contributed by atoms with Gasteiger partial charge in [-0.3, -0.25) is 9.69 Å². The molecule has 3 rings (SSSR count). The molecule has 18 heavy (non-hydrogen) atoms. The third kappa shape index (κ3) is 1.85. The van der Waals surface area contributed by atoms with Crippen LogP contribution in [0.2, 0.25) is 5.02 Å². The maximum atomic E-state index is 12.3. The minimum absolute atomic E-state index is 0.00391. The molecule has 1 aromatic rings. The minimum Gasteiger partial charge on any atom is -0.476 e. The fourth-order valence-electron chi connectivity index (χ4n) is 2.79. The van der Waals surface area contributed by atoms with Crippen molar-refractivity contribution in [2.45, 2.75) is 31.8 Å². The Bertz CT molecular complexity index is 486. The quantitative estimate of drug-likeness (QED) is 0.785. The molecule has 1 fully saturated rings. The van der Waals surface area contributed by atoms with Gasteiger partial charge in [-0.25, -0.2) is 4.98 Å². The lowest BCUT2D eigenvalue weighted by molar-refractivity contribution is -0.128. The molecule has 0 spiro atoms. The number of nitrogens with zero attached hydrogens (tertiary/aromatic N) is 2. The van der Waals surface area contributed by atoms with Crippen molar-refractivity contribution in [1.82, 2.24) is 4.98 Å². The molecule has 2 heterocycles. The van der Waals surface area contributed by atoms with Crippen LogP contribution in [-0.2, 0) is 4.79 Å². The number of likely N-dealkylation sites (N-methyl/N-ethyl adjacent to an activating group) is 1. The fraction of sp³-hybridized carbons (Fsp3) is 0.538. The molecule has 0 bridgehead atoms. The molecule has 96 valence electrons. The Morgan fingerprint density at radius 2 is 2.17 bits per heavy atom. The normalized spacial score (nSPS) is 24.0. The Kier molecular flexibility index (Phi) is 2.90. The molecular weight excluding hydrogens is 252 g/mol. The van der Waals surface area contributed by atoms with Gasteiger partial charge in [0.05, 0.1) is 5.02 Å². The molecule has 0 saturated heterocycles. The summed E-state index contributed by atoms with van der Waals surface area (Å²) < 4.78 is 5.84. The van der Waals surface area contributed by atoms with E-state index in [-0.39, 0.29) is 12.0 Å². The number of carbonyl (C=O) groups excluding carboxylic acids is 1. The predicted octanol–water partition coefficient (Wildman–Crippen LogP) is 2.65. The first-order chi connectivity index (χ1) is 8.66. The van der Waals surface area contributed by atoms with Crippen LogP contribution in [0, 0.1) is 5.92 Å². The molecule has 1 aromatic heterocycles. The van der Waals surface area contributed by atoms with Crippen LogP contribution in [-0.4, -0.2) is 24.0 Å². The lowest BCUT2D eigenvalue weighted by Gasteiger charge is -2.33. The third-order valence-electron chi connectivity index (χ3n) is 3.77. The predicted molar refractivity (Wildman–Crippen MR) is 69.0 cm³/mol. The van der Waals surface area contributed by atoms with E-state index in [1.165, 1.54) is 19.0 Å². The highest BCUT2D eigenvalue weighted by molar-refractivity contribution is 6.30. The average Bonchev–Trinajstić information content (AvgIpc) is 2.87. The summed E-state index contributed by atoms with van der Waals surface area (Å²) in [6.45, 7) is 0. The number of pyridine rings is 1. The van der Waals surface area contributed by atoms with E-state index < -0.39 is 0 Å². The number of rotatable bonds is 1. The van der Waals surface area contributed by atoms with Gasteiger partial charge < -0.3 is 4.74 Å². The van der Waals surface area contributed by atoms with Gasteiger partial charge in [0.2, 0.25) is 0 Å². The first-order valence-electron chi connectivity index (χ1n) is 6.26. The van der Waals surface area contributed by atoms with E-state index in [2.05, 4.69) is 4.98 Å². The molecule has 0 aromatic carbocycles. The van der Waals surface area contributed by atoms with Crippen LogP contribution < -0.4 is 9.64 Å². The number of hydrogen-bond acceptors (Lipinski definition) is 3. The molecule has 0 radical (unpaired) electrons. The van der Waals surface area contributed by atoms with Crippen molar-refractivity contribution in [3.8, 4) is 5.75 Å². The van der Waals surface area contributed by atoms with Crippen LogP contribution in [0.4, 0.5) is 5.82 Å². The summed E-state index contributed by atoms with van der Waals surface area (Å²) in [5.74, 6) is 1.50. The zero-order chi connectivity index (χ0) is 12.7. The number of amides is 1. The summed E-state index contributed by atoms with van der Waals surface area (Å²) in [7, 11) is 1.74. The Hall–Kier alpha value is -1.29. The number of fused-ring (bicyclic) bond motifs is 1. The van der Waals surface area contributed by atoms with Crippen molar-refractivity contribution < 1.29 is 9.53 Å². The van der Waals surface area contributed by atoms with E-state index in [1.807, 2.05) is 0 Å². The average molecular weight is 267 g/mol. The summed E-state index contributed by atoms with van der Waals surface area (Å²) >= 11 is 5.92. The van der Waals surface area contributed by atoms with Crippen molar-refractivity contribution in [2.24, 2.45) is 5.92 Å².